The van der Waals surface area contributed by atoms with Gasteiger partial charge in [-0.1, -0.05) is 6.07 Å². The lowest BCUT2D eigenvalue weighted by atomic mass is 10.1. The van der Waals surface area contributed by atoms with Crippen molar-refractivity contribution in [2.45, 2.75) is 25.4 Å². The van der Waals surface area contributed by atoms with Crippen LogP contribution in [0.4, 0.5) is 0 Å². The monoisotopic (exact) mass is 277 g/mol. The van der Waals surface area contributed by atoms with Crippen molar-refractivity contribution in [3.8, 4) is 10.8 Å². The molecule has 0 spiro atoms. The summed E-state index contributed by atoms with van der Waals surface area (Å²) in [7, 11) is 2.18. The molecule has 1 aliphatic rings. The van der Waals surface area contributed by atoms with Crippen LogP contribution in [0.5, 0.6) is 0 Å². The van der Waals surface area contributed by atoms with Crippen molar-refractivity contribution in [3.63, 3.8) is 0 Å². The van der Waals surface area contributed by atoms with Crippen LogP contribution in [0.3, 0.4) is 0 Å². The lowest BCUT2D eigenvalue weighted by molar-refractivity contribution is 0.190. The van der Waals surface area contributed by atoms with Gasteiger partial charge in [-0.3, -0.25) is 4.90 Å². The molecule has 3 rings (SSSR count). The summed E-state index contributed by atoms with van der Waals surface area (Å²) in [5, 5.41) is 5.44. The SMILES string of the molecule is CN(Cc1coc(-c2cccs2)n1)C1CCNCC1. The number of nitrogens with one attached hydrogen (secondary N) is 1. The van der Waals surface area contributed by atoms with E-state index in [9.17, 15) is 0 Å². The molecule has 0 atom stereocenters. The molecule has 5 heteroatoms. The minimum Gasteiger partial charge on any atom is -0.444 e. The number of hydrogen-bond acceptors (Lipinski definition) is 5. The average Bonchev–Trinajstić information content (AvgIpc) is 3.10. The van der Waals surface area contributed by atoms with Gasteiger partial charge in [0.1, 0.15) is 6.26 Å². The van der Waals surface area contributed by atoms with Crippen molar-refractivity contribution in [1.82, 2.24) is 15.2 Å². The Morgan fingerprint density at radius 1 is 1.47 bits per heavy atom. The molecule has 0 aromatic carbocycles. The number of hydrogen-bond donors (Lipinski definition) is 1. The lowest BCUT2D eigenvalue weighted by Crippen LogP contribution is -2.40. The second-order valence-corrected chi connectivity index (χ2v) is 5.97. The molecule has 1 aliphatic heterocycles. The van der Waals surface area contributed by atoms with Gasteiger partial charge in [-0.25, -0.2) is 4.98 Å². The highest BCUT2D eigenvalue weighted by molar-refractivity contribution is 7.13. The average molecular weight is 277 g/mol. The molecule has 0 unspecified atom stereocenters. The molecule has 0 saturated carbocycles. The number of oxazole rings is 1. The molecule has 0 radical (unpaired) electrons. The summed E-state index contributed by atoms with van der Waals surface area (Å²) in [5.41, 5.74) is 1.02. The van der Waals surface area contributed by atoms with Crippen LogP contribution in [0.25, 0.3) is 10.8 Å². The van der Waals surface area contributed by atoms with Crippen molar-refractivity contribution in [2.24, 2.45) is 0 Å². The summed E-state index contributed by atoms with van der Waals surface area (Å²) in [5.74, 6) is 0.740. The van der Waals surface area contributed by atoms with E-state index < -0.39 is 0 Å². The molecule has 0 amide bonds. The predicted octanol–water partition coefficient (Wildman–Crippen LogP) is 2.59. The van der Waals surface area contributed by atoms with Crippen LogP contribution in [-0.4, -0.2) is 36.1 Å². The predicted molar refractivity (Wildman–Crippen MR) is 77.2 cm³/mol. The van der Waals surface area contributed by atoms with Gasteiger partial charge in [-0.15, -0.1) is 11.3 Å². The number of thiophene rings is 1. The fourth-order valence-electron chi connectivity index (χ4n) is 2.53. The Kier molecular flexibility index (Phi) is 3.96. The first-order valence-corrected chi connectivity index (χ1v) is 7.60. The molecule has 1 saturated heterocycles. The number of piperidine rings is 1. The maximum Gasteiger partial charge on any atom is 0.236 e. The molecule has 1 N–H and O–H groups in total. The molecule has 2 aromatic heterocycles. The largest absolute Gasteiger partial charge is 0.444 e. The molecular weight excluding hydrogens is 258 g/mol. The van der Waals surface area contributed by atoms with E-state index in [2.05, 4.69) is 22.2 Å². The zero-order chi connectivity index (χ0) is 13.1. The topological polar surface area (TPSA) is 41.3 Å². The zero-order valence-electron chi connectivity index (χ0n) is 11.1. The highest BCUT2D eigenvalue weighted by Gasteiger charge is 2.19. The van der Waals surface area contributed by atoms with E-state index in [1.165, 1.54) is 12.8 Å². The third-order valence-corrected chi connectivity index (χ3v) is 4.48. The van der Waals surface area contributed by atoms with E-state index in [1.807, 2.05) is 17.5 Å². The fourth-order valence-corrected chi connectivity index (χ4v) is 3.18. The van der Waals surface area contributed by atoms with Crippen LogP contribution in [0, 0.1) is 0 Å². The molecule has 102 valence electrons. The van der Waals surface area contributed by atoms with E-state index in [4.69, 9.17) is 4.42 Å². The van der Waals surface area contributed by atoms with Gasteiger partial charge in [0.2, 0.25) is 5.89 Å². The van der Waals surface area contributed by atoms with Crippen LogP contribution < -0.4 is 5.32 Å². The quantitative estimate of drug-likeness (QED) is 0.932. The second-order valence-electron chi connectivity index (χ2n) is 5.02. The van der Waals surface area contributed by atoms with Crippen LogP contribution >= 0.6 is 11.3 Å². The van der Waals surface area contributed by atoms with E-state index in [0.717, 1.165) is 36.1 Å². The van der Waals surface area contributed by atoms with E-state index >= 15 is 0 Å². The van der Waals surface area contributed by atoms with E-state index in [-0.39, 0.29) is 0 Å². The molecule has 0 bridgehead atoms. The van der Waals surface area contributed by atoms with Crippen molar-refractivity contribution < 1.29 is 4.42 Å². The number of aromatic nitrogens is 1. The Morgan fingerprint density at radius 2 is 2.32 bits per heavy atom. The van der Waals surface area contributed by atoms with Crippen molar-refractivity contribution >= 4 is 11.3 Å². The Bertz CT molecular complexity index is 503. The molecule has 2 aromatic rings. The van der Waals surface area contributed by atoms with Gasteiger partial charge in [-0.2, -0.15) is 0 Å². The van der Waals surface area contributed by atoms with Gasteiger partial charge in [0.05, 0.1) is 10.6 Å². The first-order chi connectivity index (χ1) is 9.33. The summed E-state index contributed by atoms with van der Waals surface area (Å²) in [4.78, 5) is 8.05. The summed E-state index contributed by atoms with van der Waals surface area (Å²) in [6.07, 6.45) is 4.21. The highest BCUT2D eigenvalue weighted by Crippen LogP contribution is 2.24. The molecule has 19 heavy (non-hydrogen) atoms. The molecule has 0 aliphatic carbocycles. The summed E-state index contributed by atoms with van der Waals surface area (Å²) < 4.78 is 5.56. The van der Waals surface area contributed by atoms with Gasteiger partial charge >= 0.3 is 0 Å². The molecule has 4 nitrogen and oxygen atoms in total. The van der Waals surface area contributed by atoms with Gasteiger partial charge in [0.25, 0.3) is 0 Å². The van der Waals surface area contributed by atoms with Gasteiger partial charge in [0, 0.05) is 12.6 Å². The zero-order valence-corrected chi connectivity index (χ0v) is 11.9. The second kappa shape index (κ2) is 5.86. The summed E-state index contributed by atoms with van der Waals surface area (Å²) in [6, 6.07) is 4.71. The van der Waals surface area contributed by atoms with Crippen LogP contribution in [-0.2, 0) is 6.54 Å². The van der Waals surface area contributed by atoms with Crippen LogP contribution in [0.2, 0.25) is 0 Å². The van der Waals surface area contributed by atoms with Crippen LogP contribution in [0.15, 0.2) is 28.2 Å². The van der Waals surface area contributed by atoms with Gasteiger partial charge in [-0.05, 0) is 44.4 Å². The third kappa shape index (κ3) is 3.05. The Balaban J connectivity index is 1.63. The van der Waals surface area contributed by atoms with Crippen LogP contribution in [0.1, 0.15) is 18.5 Å². The van der Waals surface area contributed by atoms with E-state index in [0.29, 0.717) is 6.04 Å². The molecular formula is C14H19N3OS. The lowest BCUT2D eigenvalue weighted by Gasteiger charge is -2.30. The summed E-state index contributed by atoms with van der Waals surface area (Å²) >= 11 is 1.66. The maximum atomic E-state index is 5.56. The molecule has 3 heterocycles. The standard InChI is InChI=1S/C14H19N3OS/c1-17(12-4-6-15-7-5-12)9-11-10-18-14(16-11)13-3-2-8-19-13/h2-3,8,10,12,15H,4-7,9H2,1H3. The fraction of sp³-hybridized carbons (Fsp3) is 0.500. The summed E-state index contributed by atoms with van der Waals surface area (Å²) in [6.45, 7) is 3.10. The Morgan fingerprint density at radius 3 is 3.05 bits per heavy atom. The van der Waals surface area contributed by atoms with Gasteiger partial charge in [0.15, 0.2) is 0 Å². The molecule has 1 fully saturated rings. The smallest absolute Gasteiger partial charge is 0.236 e. The van der Waals surface area contributed by atoms with Crippen molar-refractivity contribution in [1.29, 1.82) is 0 Å². The third-order valence-electron chi connectivity index (χ3n) is 3.63. The minimum absolute atomic E-state index is 0.656. The first-order valence-electron chi connectivity index (χ1n) is 6.72. The van der Waals surface area contributed by atoms with Crippen molar-refractivity contribution in [2.75, 3.05) is 20.1 Å². The highest BCUT2D eigenvalue weighted by atomic mass is 32.1. The Hall–Kier alpha value is -1.17. The van der Waals surface area contributed by atoms with Gasteiger partial charge < -0.3 is 9.73 Å². The minimum atomic E-state index is 0.656. The maximum absolute atomic E-state index is 5.56. The van der Waals surface area contributed by atoms with Crippen molar-refractivity contribution in [3.05, 3.63) is 29.5 Å². The number of rotatable bonds is 4. The normalized spacial score (nSPS) is 17.2. The Labute approximate surface area is 117 Å². The first kappa shape index (κ1) is 12.8. The number of nitrogens with zero attached hydrogens (tertiary/aromatic N) is 2. The van der Waals surface area contributed by atoms with E-state index in [1.54, 1.807) is 17.6 Å².